The summed E-state index contributed by atoms with van der Waals surface area (Å²) < 4.78 is 10.1. The molecule has 0 bridgehead atoms. The molecule has 29 heavy (non-hydrogen) atoms. The third-order valence-corrected chi connectivity index (χ3v) is 5.69. The fourth-order valence-electron chi connectivity index (χ4n) is 3.09. The van der Waals surface area contributed by atoms with E-state index in [4.69, 9.17) is 9.47 Å². The maximum Gasteiger partial charge on any atom is 0.339 e. The van der Waals surface area contributed by atoms with Gasteiger partial charge in [-0.25, -0.2) is 9.59 Å². The Hall–Kier alpha value is -2.80. The second-order valence-electron chi connectivity index (χ2n) is 6.64. The van der Waals surface area contributed by atoms with Crippen LogP contribution in [-0.4, -0.2) is 48.7 Å². The maximum absolute atomic E-state index is 12.6. The van der Waals surface area contributed by atoms with Gasteiger partial charge in [-0.3, -0.25) is 4.79 Å². The number of hydrogen-bond acceptors (Lipinski definition) is 6. The molecule has 1 fully saturated rings. The fourth-order valence-corrected chi connectivity index (χ4v) is 4.03. The van der Waals surface area contributed by atoms with Crippen molar-refractivity contribution in [3.63, 3.8) is 0 Å². The quantitative estimate of drug-likeness (QED) is 0.511. The highest BCUT2D eigenvalue weighted by Crippen LogP contribution is 2.25. The standard InChI is InChI=1S/C22H23NO5S/c1-27-21(25)17-8-6-7-16(13-17)14-28-22(26)18-9-2-3-10-19(18)29-15-20(24)23-11-4-5-12-23/h2-3,6-10,13H,4-5,11-12,14-15H2,1H3. The monoisotopic (exact) mass is 413 g/mol. The Bertz CT molecular complexity index is 892. The van der Waals surface area contributed by atoms with Crippen LogP contribution in [0.2, 0.25) is 0 Å². The van der Waals surface area contributed by atoms with E-state index in [9.17, 15) is 14.4 Å². The Labute approximate surface area is 174 Å². The summed E-state index contributed by atoms with van der Waals surface area (Å²) >= 11 is 1.35. The van der Waals surface area contributed by atoms with Crippen LogP contribution in [-0.2, 0) is 20.9 Å². The minimum atomic E-state index is -0.467. The van der Waals surface area contributed by atoms with Crippen molar-refractivity contribution >= 4 is 29.6 Å². The summed E-state index contributed by atoms with van der Waals surface area (Å²) in [5.74, 6) is -0.520. The highest BCUT2D eigenvalue weighted by molar-refractivity contribution is 8.00. The van der Waals surface area contributed by atoms with Crippen LogP contribution in [0.25, 0.3) is 0 Å². The molecule has 0 saturated carbocycles. The summed E-state index contributed by atoms with van der Waals surface area (Å²) in [7, 11) is 1.32. The molecule has 0 aromatic heterocycles. The molecular weight excluding hydrogens is 390 g/mol. The number of amides is 1. The number of ether oxygens (including phenoxy) is 2. The van der Waals surface area contributed by atoms with Crippen LogP contribution in [0, 0.1) is 0 Å². The lowest BCUT2D eigenvalue weighted by Gasteiger charge is -2.15. The third kappa shape index (κ3) is 5.60. The fraction of sp³-hybridized carbons (Fsp3) is 0.318. The van der Waals surface area contributed by atoms with Gasteiger partial charge in [-0.1, -0.05) is 24.3 Å². The zero-order valence-corrected chi connectivity index (χ0v) is 17.1. The van der Waals surface area contributed by atoms with Crippen molar-refractivity contribution in [2.45, 2.75) is 24.3 Å². The van der Waals surface area contributed by atoms with Crippen molar-refractivity contribution in [3.8, 4) is 0 Å². The van der Waals surface area contributed by atoms with Crippen LogP contribution in [0.3, 0.4) is 0 Å². The zero-order chi connectivity index (χ0) is 20.6. The molecule has 1 amide bonds. The minimum Gasteiger partial charge on any atom is -0.465 e. The van der Waals surface area contributed by atoms with Gasteiger partial charge in [-0.05, 0) is 42.7 Å². The van der Waals surface area contributed by atoms with Gasteiger partial charge in [0.1, 0.15) is 6.61 Å². The van der Waals surface area contributed by atoms with Crippen molar-refractivity contribution in [2.75, 3.05) is 26.0 Å². The van der Waals surface area contributed by atoms with E-state index < -0.39 is 11.9 Å². The number of hydrogen-bond donors (Lipinski definition) is 0. The molecule has 7 heteroatoms. The molecule has 0 N–H and O–H groups in total. The number of nitrogens with zero attached hydrogens (tertiary/aromatic N) is 1. The molecule has 1 aliphatic rings. The number of thioether (sulfide) groups is 1. The molecule has 1 saturated heterocycles. The predicted octanol–water partition coefficient (Wildman–Crippen LogP) is 3.54. The van der Waals surface area contributed by atoms with Crippen LogP contribution in [0.15, 0.2) is 53.4 Å². The zero-order valence-electron chi connectivity index (χ0n) is 16.3. The van der Waals surface area contributed by atoms with Crippen molar-refractivity contribution in [1.29, 1.82) is 0 Å². The van der Waals surface area contributed by atoms with Crippen LogP contribution < -0.4 is 0 Å². The first-order valence-corrected chi connectivity index (χ1v) is 10.4. The Balaban J connectivity index is 1.61. The second kappa shape index (κ2) is 10.1. The van der Waals surface area contributed by atoms with E-state index in [1.165, 1.54) is 18.9 Å². The van der Waals surface area contributed by atoms with Gasteiger partial charge in [-0.15, -0.1) is 11.8 Å². The Kier molecular flexibility index (Phi) is 7.30. The summed E-state index contributed by atoms with van der Waals surface area (Å²) in [5.41, 5.74) is 1.52. The summed E-state index contributed by atoms with van der Waals surface area (Å²) in [6, 6.07) is 13.9. The van der Waals surface area contributed by atoms with E-state index in [1.54, 1.807) is 36.4 Å². The van der Waals surface area contributed by atoms with Crippen LogP contribution in [0.1, 0.15) is 39.1 Å². The number of rotatable bonds is 7. The highest BCUT2D eigenvalue weighted by atomic mass is 32.2. The van der Waals surface area contributed by atoms with Gasteiger partial charge in [0.05, 0.1) is 24.0 Å². The van der Waals surface area contributed by atoms with Gasteiger partial charge in [-0.2, -0.15) is 0 Å². The Morgan fingerprint density at radius 3 is 2.52 bits per heavy atom. The molecule has 1 heterocycles. The number of esters is 2. The summed E-state index contributed by atoms with van der Waals surface area (Å²) in [6.07, 6.45) is 2.10. The minimum absolute atomic E-state index is 0.0371. The van der Waals surface area contributed by atoms with Gasteiger partial charge in [0.25, 0.3) is 0 Å². The Morgan fingerprint density at radius 2 is 1.76 bits per heavy atom. The SMILES string of the molecule is COC(=O)c1cccc(COC(=O)c2ccccc2SCC(=O)N2CCCC2)c1. The molecule has 0 spiro atoms. The van der Waals surface area contributed by atoms with Crippen molar-refractivity contribution < 1.29 is 23.9 Å². The summed E-state index contributed by atoms with van der Waals surface area (Å²) in [5, 5.41) is 0. The molecule has 0 unspecified atom stereocenters. The van der Waals surface area contributed by atoms with E-state index in [0.29, 0.717) is 27.3 Å². The number of carbonyl (C=O) groups is 3. The normalized spacial score (nSPS) is 13.2. The highest BCUT2D eigenvalue weighted by Gasteiger charge is 2.19. The first kappa shape index (κ1) is 20.9. The number of carbonyl (C=O) groups excluding carboxylic acids is 3. The van der Waals surface area contributed by atoms with Gasteiger partial charge in [0.15, 0.2) is 0 Å². The van der Waals surface area contributed by atoms with Gasteiger partial charge < -0.3 is 14.4 Å². The van der Waals surface area contributed by atoms with Crippen molar-refractivity contribution in [2.24, 2.45) is 0 Å². The van der Waals surface area contributed by atoms with Crippen LogP contribution >= 0.6 is 11.8 Å². The van der Waals surface area contributed by atoms with Crippen molar-refractivity contribution in [3.05, 3.63) is 65.2 Å². The predicted molar refractivity (Wildman–Crippen MR) is 110 cm³/mol. The smallest absolute Gasteiger partial charge is 0.339 e. The molecule has 3 rings (SSSR count). The van der Waals surface area contributed by atoms with Crippen molar-refractivity contribution in [1.82, 2.24) is 4.90 Å². The van der Waals surface area contributed by atoms with E-state index in [0.717, 1.165) is 25.9 Å². The molecular formula is C22H23NO5S. The van der Waals surface area contributed by atoms with Gasteiger partial charge in [0.2, 0.25) is 5.91 Å². The number of benzene rings is 2. The molecule has 0 aliphatic carbocycles. The average Bonchev–Trinajstić information content (AvgIpc) is 3.30. The molecule has 0 radical (unpaired) electrons. The number of likely N-dealkylation sites (tertiary alicyclic amines) is 1. The van der Waals surface area contributed by atoms with E-state index in [-0.39, 0.29) is 12.5 Å². The van der Waals surface area contributed by atoms with E-state index >= 15 is 0 Å². The van der Waals surface area contributed by atoms with Gasteiger partial charge in [0, 0.05) is 18.0 Å². The molecule has 2 aromatic rings. The molecule has 152 valence electrons. The lowest BCUT2D eigenvalue weighted by molar-refractivity contribution is -0.127. The first-order valence-electron chi connectivity index (χ1n) is 9.42. The molecule has 2 aromatic carbocycles. The van der Waals surface area contributed by atoms with Crippen LogP contribution in [0.4, 0.5) is 0 Å². The molecule has 6 nitrogen and oxygen atoms in total. The lowest BCUT2D eigenvalue weighted by atomic mass is 10.1. The largest absolute Gasteiger partial charge is 0.465 e. The topological polar surface area (TPSA) is 72.9 Å². The lowest BCUT2D eigenvalue weighted by Crippen LogP contribution is -2.29. The number of methoxy groups -OCH3 is 1. The van der Waals surface area contributed by atoms with Gasteiger partial charge >= 0.3 is 11.9 Å². The van der Waals surface area contributed by atoms with Crippen LogP contribution in [0.5, 0.6) is 0 Å². The average molecular weight is 413 g/mol. The van der Waals surface area contributed by atoms with E-state index in [2.05, 4.69) is 0 Å². The maximum atomic E-state index is 12.6. The molecule has 1 aliphatic heterocycles. The summed E-state index contributed by atoms with van der Waals surface area (Å²) in [4.78, 5) is 39.1. The Morgan fingerprint density at radius 1 is 1.00 bits per heavy atom. The first-order chi connectivity index (χ1) is 14.1. The summed E-state index contributed by atoms with van der Waals surface area (Å²) in [6.45, 7) is 1.66. The molecule has 0 atom stereocenters. The second-order valence-corrected chi connectivity index (χ2v) is 7.66. The van der Waals surface area contributed by atoms with E-state index in [1.807, 2.05) is 17.0 Å². The third-order valence-electron chi connectivity index (χ3n) is 4.63.